The summed E-state index contributed by atoms with van der Waals surface area (Å²) in [6, 6.07) is 0. The maximum atomic E-state index is 6.00. The van der Waals surface area contributed by atoms with Gasteiger partial charge in [-0.25, -0.2) is 0 Å². The van der Waals surface area contributed by atoms with Gasteiger partial charge >= 0.3 is 0 Å². The maximum absolute atomic E-state index is 6.00. The molecule has 0 saturated carbocycles. The minimum absolute atomic E-state index is 0.464. The molecule has 1 unspecified atom stereocenters. The Morgan fingerprint density at radius 1 is 1.18 bits per heavy atom. The fourth-order valence-corrected chi connectivity index (χ4v) is 3.48. The van der Waals surface area contributed by atoms with Gasteiger partial charge in [0.05, 0.1) is 5.76 Å². The van der Waals surface area contributed by atoms with Gasteiger partial charge in [0.25, 0.3) is 0 Å². The highest BCUT2D eigenvalue weighted by Gasteiger charge is 2.24. The van der Waals surface area contributed by atoms with E-state index in [9.17, 15) is 0 Å². The van der Waals surface area contributed by atoms with E-state index in [0.717, 1.165) is 5.92 Å². The molecule has 0 heterocycles. The second-order valence-electron chi connectivity index (χ2n) is 6.72. The van der Waals surface area contributed by atoms with Crippen molar-refractivity contribution < 1.29 is 4.43 Å². The van der Waals surface area contributed by atoms with Crippen LogP contribution >= 0.6 is 0 Å². The smallest absolute Gasteiger partial charge is 0.229 e. The van der Waals surface area contributed by atoms with Gasteiger partial charge in [-0.15, -0.1) is 0 Å². The third kappa shape index (κ3) is 5.76. The van der Waals surface area contributed by atoms with Crippen LogP contribution in [-0.2, 0) is 4.43 Å². The van der Waals surface area contributed by atoms with Crippen LogP contribution in [0.15, 0.2) is 11.8 Å². The predicted octanol–water partition coefficient (Wildman–Crippen LogP) is 4.89. The molecule has 1 rings (SSSR count). The van der Waals surface area contributed by atoms with E-state index in [0.29, 0.717) is 5.41 Å². The van der Waals surface area contributed by atoms with Gasteiger partial charge < -0.3 is 4.43 Å². The number of hydrogen-bond donors (Lipinski definition) is 0. The Labute approximate surface area is 109 Å². The van der Waals surface area contributed by atoms with Gasteiger partial charge in [0.2, 0.25) is 9.04 Å². The van der Waals surface area contributed by atoms with Crippen molar-refractivity contribution in [1.82, 2.24) is 0 Å². The minimum Gasteiger partial charge on any atom is -0.550 e. The monoisotopic (exact) mass is 254 g/mol. The Balaban J connectivity index is 2.56. The zero-order valence-electron chi connectivity index (χ0n) is 12.4. The SMILES string of the molecule is C[SiH](C)O/C1=C/CCC(C(C)(C)C)CCCC1. The van der Waals surface area contributed by atoms with E-state index in [1.807, 2.05) is 0 Å². The van der Waals surface area contributed by atoms with Crippen LogP contribution in [-0.4, -0.2) is 9.04 Å². The molecule has 0 bridgehead atoms. The van der Waals surface area contributed by atoms with E-state index in [1.165, 1.54) is 44.3 Å². The van der Waals surface area contributed by atoms with E-state index in [2.05, 4.69) is 39.9 Å². The molecule has 0 fully saturated rings. The molecule has 0 spiro atoms. The van der Waals surface area contributed by atoms with E-state index in [4.69, 9.17) is 4.43 Å². The van der Waals surface area contributed by atoms with Crippen LogP contribution in [0.3, 0.4) is 0 Å². The molecule has 0 saturated heterocycles. The van der Waals surface area contributed by atoms with E-state index >= 15 is 0 Å². The van der Waals surface area contributed by atoms with Gasteiger partial charge in [0.1, 0.15) is 0 Å². The Hall–Kier alpha value is -0.243. The predicted molar refractivity (Wildman–Crippen MR) is 78.7 cm³/mol. The highest BCUT2D eigenvalue weighted by atomic mass is 28.3. The van der Waals surface area contributed by atoms with Crippen molar-refractivity contribution in [3.05, 3.63) is 11.8 Å². The largest absolute Gasteiger partial charge is 0.550 e. The molecule has 1 aliphatic rings. The van der Waals surface area contributed by atoms with Crippen LogP contribution in [0.1, 0.15) is 59.3 Å². The van der Waals surface area contributed by atoms with Crippen molar-refractivity contribution in [2.75, 3.05) is 0 Å². The van der Waals surface area contributed by atoms with Crippen LogP contribution < -0.4 is 0 Å². The topological polar surface area (TPSA) is 9.23 Å². The van der Waals surface area contributed by atoms with Gasteiger partial charge in [0.15, 0.2) is 0 Å². The summed E-state index contributed by atoms with van der Waals surface area (Å²) in [6.45, 7) is 11.7. The molecule has 0 aliphatic heterocycles. The van der Waals surface area contributed by atoms with Gasteiger partial charge in [-0.05, 0) is 56.2 Å². The third-order valence-corrected chi connectivity index (χ3v) is 4.50. The van der Waals surface area contributed by atoms with Crippen molar-refractivity contribution in [2.24, 2.45) is 11.3 Å². The van der Waals surface area contributed by atoms with E-state index in [1.54, 1.807) is 0 Å². The molecule has 100 valence electrons. The lowest BCUT2D eigenvalue weighted by Gasteiger charge is -2.30. The summed E-state index contributed by atoms with van der Waals surface area (Å²) in [5.41, 5.74) is 0.464. The fourth-order valence-electron chi connectivity index (χ4n) is 2.66. The summed E-state index contributed by atoms with van der Waals surface area (Å²) in [6.07, 6.45) is 10.1. The van der Waals surface area contributed by atoms with Crippen LogP contribution in [0.25, 0.3) is 0 Å². The summed E-state index contributed by atoms with van der Waals surface area (Å²) < 4.78 is 6.00. The number of rotatable bonds is 2. The first-order valence-electron chi connectivity index (χ1n) is 7.25. The molecule has 0 N–H and O–H groups in total. The first-order valence-corrected chi connectivity index (χ1v) is 10.0. The molecule has 1 aliphatic carbocycles. The normalized spacial score (nSPS) is 26.7. The molecule has 0 amide bonds. The van der Waals surface area contributed by atoms with Crippen LogP contribution in [0, 0.1) is 11.3 Å². The van der Waals surface area contributed by atoms with Crippen LogP contribution in [0.2, 0.25) is 13.1 Å². The Morgan fingerprint density at radius 2 is 1.88 bits per heavy atom. The third-order valence-electron chi connectivity index (χ3n) is 3.72. The van der Waals surface area contributed by atoms with Gasteiger partial charge in [0, 0.05) is 6.42 Å². The highest BCUT2D eigenvalue weighted by Crippen LogP contribution is 2.35. The van der Waals surface area contributed by atoms with Crippen LogP contribution in [0.5, 0.6) is 0 Å². The molecule has 2 heteroatoms. The Bertz CT molecular complexity index is 250. The first-order chi connectivity index (χ1) is 7.89. The second kappa shape index (κ2) is 6.63. The lowest BCUT2D eigenvalue weighted by Crippen LogP contribution is -2.20. The second-order valence-corrected chi connectivity index (χ2v) is 9.06. The van der Waals surface area contributed by atoms with Crippen molar-refractivity contribution >= 4 is 9.04 Å². The van der Waals surface area contributed by atoms with E-state index in [-0.39, 0.29) is 0 Å². The van der Waals surface area contributed by atoms with Gasteiger partial charge in [-0.1, -0.05) is 27.2 Å². The summed E-state index contributed by atoms with van der Waals surface area (Å²) in [4.78, 5) is 0. The lowest BCUT2D eigenvalue weighted by atomic mass is 9.75. The fraction of sp³-hybridized carbons (Fsp3) is 0.867. The quantitative estimate of drug-likeness (QED) is 0.638. The summed E-state index contributed by atoms with van der Waals surface area (Å²) >= 11 is 0. The number of allylic oxidation sites excluding steroid dienone is 2. The minimum atomic E-state index is -0.911. The summed E-state index contributed by atoms with van der Waals surface area (Å²) in [7, 11) is -0.911. The van der Waals surface area contributed by atoms with Crippen molar-refractivity contribution in [3.63, 3.8) is 0 Å². The molecule has 0 aromatic heterocycles. The molecule has 0 aromatic carbocycles. The van der Waals surface area contributed by atoms with Gasteiger partial charge in [-0.3, -0.25) is 0 Å². The van der Waals surface area contributed by atoms with Crippen molar-refractivity contribution in [3.8, 4) is 0 Å². The first kappa shape index (κ1) is 14.8. The average Bonchev–Trinajstić information content (AvgIpc) is 2.27. The van der Waals surface area contributed by atoms with E-state index < -0.39 is 9.04 Å². The Morgan fingerprint density at radius 3 is 2.47 bits per heavy atom. The molecule has 1 nitrogen and oxygen atoms in total. The lowest BCUT2D eigenvalue weighted by molar-refractivity contribution is 0.209. The number of hydrogen-bond acceptors (Lipinski definition) is 1. The zero-order chi connectivity index (χ0) is 12.9. The summed E-state index contributed by atoms with van der Waals surface area (Å²) in [5, 5.41) is 0. The summed E-state index contributed by atoms with van der Waals surface area (Å²) in [5.74, 6) is 2.16. The van der Waals surface area contributed by atoms with Crippen LogP contribution in [0.4, 0.5) is 0 Å². The average molecular weight is 254 g/mol. The Kier molecular flexibility index (Phi) is 5.77. The standard InChI is InChI=1S/C15H30OSi/c1-15(2,3)13-9-6-7-11-14(12-8-10-13)16-17(4)5/h12-13,17H,6-11H2,1-5H3/b14-12+. The highest BCUT2D eigenvalue weighted by molar-refractivity contribution is 6.48. The molecule has 0 aromatic rings. The zero-order valence-corrected chi connectivity index (χ0v) is 13.5. The van der Waals surface area contributed by atoms with Gasteiger partial charge in [-0.2, -0.15) is 0 Å². The molecular formula is C15H30OSi. The molecule has 1 atom stereocenters. The molecular weight excluding hydrogens is 224 g/mol. The molecule has 17 heavy (non-hydrogen) atoms. The van der Waals surface area contributed by atoms with Crippen molar-refractivity contribution in [1.29, 1.82) is 0 Å². The molecule has 0 radical (unpaired) electrons. The maximum Gasteiger partial charge on any atom is 0.229 e. The van der Waals surface area contributed by atoms with Crippen molar-refractivity contribution in [2.45, 2.75) is 72.4 Å².